The fourth-order valence-corrected chi connectivity index (χ4v) is 4.41. The minimum Gasteiger partial charge on any atom is -0.388 e. The molecular weight excluding hydrogens is 372 g/mol. The third kappa shape index (κ3) is 3.97. The van der Waals surface area contributed by atoms with Gasteiger partial charge >= 0.3 is 0 Å². The molecular formula is C20H28N6O3. The normalized spacial score (nSPS) is 26.5. The molecule has 2 aliphatic heterocycles. The maximum Gasteiger partial charge on any atom is 0.255 e. The summed E-state index contributed by atoms with van der Waals surface area (Å²) < 4.78 is 7.86. The Morgan fingerprint density at radius 2 is 2.00 bits per heavy atom. The van der Waals surface area contributed by atoms with Crippen LogP contribution in [0.2, 0.25) is 0 Å². The number of carbonyl (C=O) groups is 1. The summed E-state index contributed by atoms with van der Waals surface area (Å²) in [5, 5.41) is 18.3. The molecule has 0 radical (unpaired) electrons. The zero-order valence-electron chi connectivity index (χ0n) is 17.1. The number of nitrogens with zero attached hydrogens (tertiary/aromatic N) is 5. The summed E-state index contributed by atoms with van der Waals surface area (Å²) in [5.74, 6) is 0.485. The molecule has 0 bridgehead atoms. The van der Waals surface area contributed by atoms with Crippen LogP contribution >= 0.6 is 0 Å². The highest BCUT2D eigenvalue weighted by Gasteiger charge is 2.49. The van der Waals surface area contributed by atoms with E-state index in [9.17, 15) is 9.90 Å². The van der Waals surface area contributed by atoms with E-state index in [1.165, 1.54) is 0 Å². The Morgan fingerprint density at radius 3 is 2.59 bits per heavy atom. The Balaban J connectivity index is 1.39. The van der Waals surface area contributed by atoms with Gasteiger partial charge in [0.15, 0.2) is 0 Å². The fourth-order valence-electron chi connectivity index (χ4n) is 4.41. The number of carbonyl (C=O) groups excluding carboxylic acids is 1. The first kappa shape index (κ1) is 19.8. The van der Waals surface area contributed by atoms with Crippen molar-refractivity contribution >= 4 is 11.9 Å². The van der Waals surface area contributed by atoms with Crippen LogP contribution in [-0.4, -0.2) is 67.7 Å². The zero-order chi connectivity index (χ0) is 20.6. The standard InChI is InChI=1S/C20H28N6O3/c1-14-15(11-25(3)24-14)17(27)23-16-12-29-20(13-19(16,2)28)5-9-26(10-6-20)18-21-7-4-8-22-18/h4,7-8,11,16,28H,5-6,9-10,12-13H2,1-3H3,(H,23,27)/t16-,19-/m0/s1. The van der Waals surface area contributed by atoms with E-state index in [0.29, 0.717) is 17.7 Å². The van der Waals surface area contributed by atoms with Gasteiger partial charge in [-0.05, 0) is 32.8 Å². The van der Waals surface area contributed by atoms with Crippen LogP contribution in [-0.2, 0) is 11.8 Å². The number of nitrogens with one attached hydrogen (secondary N) is 1. The molecule has 2 aromatic rings. The number of aryl methyl sites for hydroxylation is 2. The molecule has 0 saturated carbocycles. The van der Waals surface area contributed by atoms with E-state index < -0.39 is 11.6 Å². The molecule has 2 N–H and O–H groups in total. The highest BCUT2D eigenvalue weighted by Crippen LogP contribution is 2.40. The number of ether oxygens (including phenoxy) is 1. The number of anilines is 1. The number of piperidine rings is 1. The average Bonchev–Trinajstić information content (AvgIpc) is 3.03. The zero-order valence-corrected chi connectivity index (χ0v) is 17.1. The molecule has 4 rings (SSSR count). The first-order chi connectivity index (χ1) is 13.8. The average molecular weight is 400 g/mol. The van der Waals surface area contributed by atoms with Crippen molar-refractivity contribution in [2.24, 2.45) is 7.05 Å². The predicted molar refractivity (Wildman–Crippen MR) is 107 cm³/mol. The summed E-state index contributed by atoms with van der Waals surface area (Å²) in [5.41, 5.74) is -0.275. The molecule has 1 amide bonds. The van der Waals surface area contributed by atoms with Crippen LogP contribution in [0.25, 0.3) is 0 Å². The van der Waals surface area contributed by atoms with Crippen LogP contribution in [0.3, 0.4) is 0 Å². The van der Waals surface area contributed by atoms with E-state index in [1.807, 2.05) is 0 Å². The number of amides is 1. The van der Waals surface area contributed by atoms with Crippen LogP contribution < -0.4 is 10.2 Å². The number of hydrogen-bond donors (Lipinski definition) is 2. The smallest absolute Gasteiger partial charge is 0.255 e. The fraction of sp³-hybridized carbons (Fsp3) is 0.600. The third-order valence-electron chi connectivity index (χ3n) is 6.06. The second kappa shape index (κ2) is 7.38. The van der Waals surface area contributed by atoms with Crippen molar-refractivity contribution in [3.8, 4) is 0 Å². The van der Waals surface area contributed by atoms with E-state index in [1.54, 1.807) is 50.2 Å². The lowest BCUT2D eigenvalue weighted by Gasteiger charge is -2.51. The molecule has 2 aromatic heterocycles. The topological polar surface area (TPSA) is 105 Å². The summed E-state index contributed by atoms with van der Waals surface area (Å²) in [6.07, 6.45) is 7.21. The van der Waals surface area contributed by atoms with Crippen molar-refractivity contribution in [1.29, 1.82) is 0 Å². The molecule has 2 saturated heterocycles. The lowest BCUT2D eigenvalue weighted by Crippen LogP contribution is -2.64. The van der Waals surface area contributed by atoms with Gasteiger partial charge in [0.05, 0.1) is 35.1 Å². The largest absolute Gasteiger partial charge is 0.388 e. The molecule has 1 spiro atoms. The van der Waals surface area contributed by atoms with E-state index in [2.05, 4.69) is 25.3 Å². The molecule has 9 heteroatoms. The molecule has 2 atom stereocenters. The van der Waals surface area contributed by atoms with Gasteiger partial charge in [-0.2, -0.15) is 5.10 Å². The quantitative estimate of drug-likeness (QED) is 0.786. The van der Waals surface area contributed by atoms with Gasteiger partial charge in [0.1, 0.15) is 0 Å². The number of aromatic nitrogens is 4. The van der Waals surface area contributed by atoms with Gasteiger partial charge in [0, 0.05) is 45.1 Å². The number of aliphatic hydroxyl groups is 1. The minimum absolute atomic E-state index is 0.239. The minimum atomic E-state index is -1.06. The number of hydrogen-bond acceptors (Lipinski definition) is 7. The van der Waals surface area contributed by atoms with Crippen molar-refractivity contribution in [3.05, 3.63) is 35.9 Å². The van der Waals surface area contributed by atoms with E-state index in [0.717, 1.165) is 31.9 Å². The summed E-state index contributed by atoms with van der Waals surface area (Å²) in [4.78, 5) is 23.4. The maximum absolute atomic E-state index is 12.7. The maximum atomic E-state index is 12.7. The Kier molecular flexibility index (Phi) is 5.04. The Bertz CT molecular complexity index is 874. The van der Waals surface area contributed by atoms with Gasteiger partial charge in [0.25, 0.3) is 5.91 Å². The van der Waals surface area contributed by atoms with Gasteiger partial charge in [-0.15, -0.1) is 0 Å². The molecule has 9 nitrogen and oxygen atoms in total. The van der Waals surface area contributed by atoms with E-state index in [4.69, 9.17) is 4.74 Å². The number of rotatable bonds is 3. The van der Waals surface area contributed by atoms with Crippen LogP contribution in [0, 0.1) is 6.92 Å². The monoisotopic (exact) mass is 400 g/mol. The van der Waals surface area contributed by atoms with Crippen LogP contribution in [0.4, 0.5) is 5.95 Å². The first-order valence-electron chi connectivity index (χ1n) is 9.97. The second-order valence-electron chi connectivity index (χ2n) is 8.39. The Labute approximate surface area is 170 Å². The van der Waals surface area contributed by atoms with Crippen molar-refractivity contribution in [3.63, 3.8) is 0 Å². The van der Waals surface area contributed by atoms with Crippen LogP contribution in [0.1, 0.15) is 42.2 Å². The predicted octanol–water partition coefficient (Wildman–Crippen LogP) is 0.827. The molecule has 2 aliphatic rings. The Morgan fingerprint density at radius 1 is 1.31 bits per heavy atom. The molecule has 0 aliphatic carbocycles. The van der Waals surface area contributed by atoms with Gasteiger partial charge in [-0.1, -0.05) is 0 Å². The van der Waals surface area contributed by atoms with Gasteiger partial charge < -0.3 is 20.1 Å². The second-order valence-corrected chi connectivity index (χ2v) is 8.39. The van der Waals surface area contributed by atoms with E-state index >= 15 is 0 Å². The summed E-state index contributed by atoms with van der Waals surface area (Å²) in [7, 11) is 1.78. The van der Waals surface area contributed by atoms with Crippen molar-refractivity contribution in [1.82, 2.24) is 25.1 Å². The first-order valence-corrected chi connectivity index (χ1v) is 9.97. The van der Waals surface area contributed by atoms with Crippen LogP contribution in [0.15, 0.2) is 24.7 Å². The highest BCUT2D eigenvalue weighted by atomic mass is 16.5. The van der Waals surface area contributed by atoms with Crippen molar-refractivity contribution in [2.45, 2.75) is 50.4 Å². The lowest BCUT2D eigenvalue weighted by atomic mass is 9.75. The molecule has 0 aromatic carbocycles. The molecule has 2 fully saturated rings. The lowest BCUT2D eigenvalue weighted by molar-refractivity contribution is -0.176. The van der Waals surface area contributed by atoms with Gasteiger partial charge in [-0.3, -0.25) is 9.48 Å². The molecule has 0 unspecified atom stereocenters. The summed E-state index contributed by atoms with van der Waals surface area (Å²) in [6, 6.07) is 1.33. The van der Waals surface area contributed by atoms with Crippen molar-refractivity contribution < 1.29 is 14.6 Å². The SMILES string of the molecule is Cc1nn(C)cc1C(=O)N[C@H]1COC2(CCN(c3ncccn3)CC2)C[C@]1(C)O. The van der Waals surface area contributed by atoms with Gasteiger partial charge in [0.2, 0.25) is 5.95 Å². The summed E-state index contributed by atoms with van der Waals surface area (Å²) >= 11 is 0. The van der Waals surface area contributed by atoms with Crippen LogP contribution in [0.5, 0.6) is 0 Å². The summed E-state index contributed by atoms with van der Waals surface area (Å²) in [6.45, 7) is 5.40. The Hall–Kier alpha value is -2.52. The highest BCUT2D eigenvalue weighted by molar-refractivity contribution is 5.95. The van der Waals surface area contributed by atoms with E-state index in [-0.39, 0.29) is 18.1 Å². The van der Waals surface area contributed by atoms with Gasteiger partial charge in [-0.25, -0.2) is 9.97 Å². The van der Waals surface area contributed by atoms with Crippen molar-refractivity contribution in [2.75, 3.05) is 24.6 Å². The third-order valence-corrected chi connectivity index (χ3v) is 6.06. The molecule has 29 heavy (non-hydrogen) atoms. The molecule has 156 valence electrons. The molecule has 4 heterocycles.